The molecule has 6 rings (SSSR count). The molecule has 0 spiro atoms. The van der Waals surface area contributed by atoms with Crippen molar-refractivity contribution in [2.75, 3.05) is 4.90 Å². The maximum Gasteiger partial charge on any atom is 0.240 e. The van der Waals surface area contributed by atoms with Gasteiger partial charge in [0, 0.05) is 32.4 Å². The maximum absolute atomic E-state index is 13.9. The van der Waals surface area contributed by atoms with E-state index in [1.807, 2.05) is 6.07 Å². The highest BCUT2D eigenvalue weighted by molar-refractivity contribution is 9.10. The number of anilines is 1. The Balaban J connectivity index is 1.44. The van der Waals surface area contributed by atoms with Crippen molar-refractivity contribution in [1.82, 2.24) is 4.90 Å². The highest BCUT2D eigenvalue weighted by Gasteiger charge is 2.63. The summed E-state index contributed by atoms with van der Waals surface area (Å²) in [4.78, 5) is 57.7. The minimum Gasteiger partial charge on any atom is -0.359 e. The Hall–Kier alpha value is -3.81. The Morgan fingerprint density at radius 1 is 0.816 bits per heavy atom. The average Bonchev–Trinajstić information content (AvgIpc) is 3.40. The number of carbonyl (C=O) groups excluding carboxylic acids is 4. The number of fused-ring (bicyclic) bond motifs is 3. The topological polar surface area (TPSA) is 74.8 Å². The predicted octanol–water partition coefficient (Wildman–Crippen LogP) is 5.48. The van der Waals surface area contributed by atoms with Gasteiger partial charge in [0.15, 0.2) is 11.6 Å². The molecule has 38 heavy (non-hydrogen) atoms. The Morgan fingerprint density at radius 3 is 2.24 bits per heavy atom. The van der Waals surface area contributed by atoms with Crippen LogP contribution < -0.4 is 4.90 Å². The number of benzene rings is 3. The van der Waals surface area contributed by atoms with Gasteiger partial charge in [-0.3, -0.25) is 19.2 Å². The minimum absolute atomic E-state index is 0.191. The van der Waals surface area contributed by atoms with E-state index < -0.39 is 35.7 Å². The molecule has 4 atom stereocenters. The largest absolute Gasteiger partial charge is 0.359 e. The van der Waals surface area contributed by atoms with Gasteiger partial charge < -0.3 is 4.90 Å². The summed E-state index contributed by atoms with van der Waals surface area (Å²) in [5, 5.41) is 0.389. The van der Waals surface area contributed by atoms with E-state index in [0.29, 0.717) is 27.4 Å². The third-order valence-corrected chi connectivity index (χ3v) is 8.07. The Kier molecular flexibility index (Phi) is 6.13. The van der Waals surface area contributed by atoms with Gasteiger partial charge in [-0.2, -0.15) is 0 Å². The van der Waals surface area contributed by atoms with Gasteiger partial charge in [0.25, 0.3) is 0 Å². The van der Waals surface area contributed by atoms with E-state index in [4.69, 9.17) is 11.6 Å². The Bertz CT molecular complexity index is 1550. The van der Waals surface area contributed by atoms with E-state index in [0.717, 1.165) is 9.37 Å². The van der Waals surface area contributed by atoms with Crippen LogP contribution in [0.15, 0.2) is 107 Å². The van der Waals surface area contributed by atoms with E-state index in [-0.39, 0.29) is 11.6 Å². The second kappa shape index (κ2) is 9.49. The maximum atomic E-state index is 13.9. The van der Waals surface area contributed by atoms with Crippen LogP contribution in [0.5, 0.6) is 0 Å². The molecule has 188 valence electrons. The molecule has 3 aromatic rings. The molecule has 3 aromatic carbocycles. The number of hydrogen-bond donors (Lipinski definition) is 0. The summed E-state index contributed by atoms with van der Waals surface area (Å²) < 4.78 is 0.820. The van der Waals surface area contributed by atoms with Gasteiger partial charge in [-0.15, -0.1) is 0 Å². The van der Waals surface area contributed by atoms with E-state index in [1.54, 1.807) is 96.0 Å². The monoisotopic (exact) mass is 586 g/mol. The van der Waals surface area contributed by atoms with Gasteiger partial charge in [-0.1, -0.05) is 82.1 Å². The summed E-state index contributed by atoms with van der Waals surface area (Å²) >= 11 is 9.55. The number of imide groups is 1. The Labute approximate surface area is 232 Å². The van der Waals surface area contributed by atoms with Gasteiger partial charge in [-0.25, -0.2) is 4.90 Å². The first-order chi connectivity index (χ1) is 18.3. The normalized spacial score (nSPS) is 23.8. The van der Waals surface area contributed by atoms with Crippen molar-refractivity contribution in [3.8, 4) is 0 Å². The molecule has 3 aliphatic heterocycles. The first-order valence-corrected chi connectivity index (χ1v) is 13.2. The van der Waals surface area contributed by atoms with Crippen molar-refractivity contribution in [3.63, 3.8) is 0 Å². The van der Waals surface area contributed by atoms with Crippen LogP contribution in [0.3, 0.4) is 0 Å². The fraction of sp³-hybridized carbons (Fsp3) is 0.133. The Morgan fingerprint density at radius 2 is 1.53 bits per heavy atom. The molecule has 2 amide bonds. The first kappa shape index (κ1) is 24.5. The highest BCUT2D eigenvalue weighted by Crippen LogP contribution is 2.47. The summed E-state index contributed by atoms with van der Waals surface area (Å²) in [6, 6.07) is 20.8. The number of allylic oxidation sites excluding steroid dienone is 2. The van der Waals surface area contributed by atoms with Crippen LogP contribution in [0, 0.1) is 11.8 Å². The van der Waals surface area contributed by atoms with Gasteiger partial charge in [0.05, 0.1) is 23.6 Å². The summed E-state index contributed by atoms with van der Waals surface area (Å²) in [6.07, 6.45) is 5.04. The molecule has 0 radical (unpaired) electrons. The molecule has 0 aliphatic carbocycles. The lowest BCUT2D eigenvalue weighted by molar-refractivity contribution is -0.123. The summed E-state index contributed by atoms with van der Waals surface area (Å²) in [5.74, 6) is -3.08. The number of halogens is 2. The fourth-order valence-corrected chi connectivity index (χ4v) is 6.06. The minimum atomic E-state index is -0.922. The van der Waals surface area contributed by atoms with Crippen LogP contribution in [0.1, 0.15) is 20.7 Å². The number of carbonyl (C=O) groups is 4. The second-order valence-electron chi connectivity index (χ2n) is 9.43. The zero-order valence-electron chi connectivity index (χ0n) is 19.8. The lowest BCUT2D eigenvalue weighted by Gasteiger charge is -2.32. The number of ketones is 2. The fourth-order valence-electron chi connectivity index (χ4n) is 5.61. The number of rotatable bonds is 5. The highest BCUT2D eigenvalue weighted by atomic mass is 79.9. The summed E-state index contributed by atoms with van der Waals surface area (Å²) in [7, 11) is 0. The second-order valence-corrected chi connectivity index (χ2v) is 10.8. The van der Waals surface area contributed by atoms with E-state index in [2.05, 4.69) is 15.9 Å². The van der Waals surface area contributed by atoms with Crippen molar-refractivity contribution >= 4 is 56.6 Å². The van der Waals surface area contributed by atoms with E-state index in [9.17, 15) is 19.2 Å². The number of amides is 2. The molecular formula is C30H20BrClN2O4. The molecule has 0 bridgehead atoms. The van der Waals surface area contributed by atoms with Crippen LogP contribution >= 0.6 is 27.5 Å². The van der Waals surface area contributed by atoms with Gasteiger partial charge in [0.2, 0.25) is 11.8 Å². The lowest BCUT2D eigenvalue weighted by atomic mass is 9.85. The van der Waals surface area contributed by atoms with Crippen molar-refractivity contribution in [1.29, 1.82) is 0 Å². The van der Waals surface area contributed by atoms with Gasteiger partial charge >= 0.3 is 0 Å². The van der Waals surface area contributed by atoms with Crippen molar-refractivity contribution in [2.45, 2.75) is 12.1 Å². The number of hydrogen-bond acceptors (Lipinski definition) is 5. The third-order valence-electron chi connectivity index (χ3n) is 7.31. The molecule has 3 heterocycles. The zero-order valence-corrected chi connectivity index (χ0v) is 22.2. The molecule has 2 saturated heterocycles. The molecule has 0 N–H and O–H groups in total. The van der Waals surface area contributed by atoms with Crippen molar-refractivity contribution in [3.05, 3.63) is 123 Å². The average molecular weight is 588 g/mol. The molecule has 6 nitrogen and oxygen atoms in total. The van der Waals surface area contributed by atoms with Crippen LogP contribution in [-0.2, 0) is 9.59 Å². The van der Waals surface area contributed by atoms with Crippen molar-refractivity contribution in [2.24, 2.45) is 11.8 Å². The smallest absolute Gasteiger partial charge is 0.240 e. The molecule has 3 aliphatic rings. The summed E-state index contributed by atoms with van der Waals surface area (Å²) in [6.45, 7) is 0. The van der Waals surface area contributed by atoms with Crippen LogP contribution in [-0.4, -0.2) is 40.4 Å². The van der Waals surface area contributed by atoms with Gasteiger partial charge in [-0.05, 0) is 36.4 Å². The summed E-state index contributed by atoms with van der Waals surface area (Å²) in [5.41, 5.74) is 1.72. The standard InChI is InChI=1S/C30H20BrClN2O4/c31-20-11-9-18(10-12-20)28(36)26-25-24(29(37)34(30(25)38)22-8-4-7-21(32)16-22)23-15-19(13-14-33(23)26)27(35)17-5-2-1-3-6-17/h1-16,23-26H/t23-,24-,25-,26+/m1/s1. The molecular weight excluding hydrogens is 568 g/mol. The zero-order chi connectivity index (χ0) is 26.6. The molecule has 8 heteroatoms. The number of nitrogens with zero attached hydrogens (tertiary/aromatic N) is 2. The third kappa shape index (κ3) is 3.94. The predicted molar refractivity (Wildman–Crippen MR) is 147 cm³/mol. The quantitative estimate of drug-likeness (QED) is 0.292. The lowest BCUT2D eigenvalue weighted by Crippen LogP contribution is -2.46. The van der Waals surface area contributed by atoms with E-state index >= 15 is 0 Å². The first-order valence-electron chi connectivity index (χ1n) is 12.1. The molecule has 2 fully saturated rings. The van der Waals surface area contributed by atoms with Crippen LogP contribution in [0.2, 0.25) is 5.02 Å². The molecule has 0 unspecified atom stereocenters. The van der Waals surface area contributed by atoms with Crippen molar-refractivity contribution < 1.29 is 19.2 Å². The molecule has 0 saturated carbocycles. The number of Topliss-reactive ketones (excluding diaryl/α,β-unsaturated/α-hetero) is 2. The van der Waals surface area contributed by atoms with Crippen LogP contribution in [0.4, 0.5) is 5.69 Å². The SMILES string of the molecule is O=C(C1=C[C@@H]2[C@H]3C(=O)N(c4cccc(Cl)c4)C(=O)[C@H]3[C@@H](C(=O)c3ccc(Br)cc3)N2C=C1)c1ccccc1. The van der Waals surface area contributed by atoms with Crippen LogP contribution in [0.25, 0.3) is 0 Å². The van der Waals surface area contributed by atoms with Gasteiger partial charge in [0.1, 0.15) is 6.04 Å². The van der Waals surface area contributed by atoms with E-state index in [1.165, 1.54) is 0 Å². The molecule has 0 aromatic heterocycles.